The molecule has 0 saturated heterocycles. The zero-order chi connectivity index (χ0) is 17.2. The molecule has 1 aromatic carbocycles. The number of anilines is 1. The van der Waals surface area contributed by atoms with E-state index in [2.05, 4.69) is 14.8 Å². The van der Waals surface area contributed by atoms with Crippen LogP contribution in [0.5, 0.6) is 0 Å². The van der Waals surface area contributed by atoms with Crippen molar-refractivity contribution in [2.24, 2.45) is 0 Å². The first-order valence-electron chi connectivity index (χ1n) is 7.42. The van der Waals surface area contributed by atoms with E-state index in [1.807, 2.05) is 38.5 Å². The lowest BCUT2D eigenvalue weighted by Crippen LogP contribution is -2.31. The van der Waals surface area contributed by atoms with Crippen molar-refractivity contribution in [3.8, 4) is 0 Å². The molecule has 7 heteroatoms. The summed E-state index contributed by atoms with van der Waals surface area (Å²) in [6.45, 7) is 3.14. The number of nitrogens with one attached hydrogen (secondary N) is 1. The number of benzene rings is 1. The van der Waals surface area contributed by atoms with Crippen molar-refractivity contribution in [3.05, 3.63) is 30.5 Å². The molecule has 0 aliphatic rings. The van der Waals surface area contributed by atoms with Gasteiger partial charge in [-0.2, -0.15) is 0 Å². The maximum atomic E-state index is 12.0. The number of hydrogen-bond acceptors (Lipinski definition) is 4. The van der Waals surface area contributed by atoms with Crippen LogP contribution >= 0.6 is 0 Å². The number of sulfone groups is 1. The van der Waals surface area contributed by atoms with Crippen molar-refractivity contribution in [2.75, 3.05) is 32.2 Å². The Morgan fingerprint density at radius 1 is 1.30 bits per heavy atom. The minimum Gasteiger partial charge on any atom is -0.346 e. The van der Waals surface area contributed by atoms with Crippen LogP contribution in [-0.2, 0) is 21.2 Å². The topological polar surface area (TPSA) is 71.4 Å². The average molecular weight is 337 g/mol. The first-order valence-corrected chi connectivity index (χ1v) is 9.37. The zero-order valence-corrected chi connectivity index (χ0v) is 14.7. The molecule has 2 rings (SSSR count). The Balaban J connectivity index is 2.22. The summed E-state index contributed by atoms with van der Waals surface area (Å²) in [5.41, 5.74) is 1.61. The van der Waals surface area contributed by atoms with Gasteiger partial charge in [0.25, 0.3) is 0 Å². The van der Waals surface area contributed by atoms with Crippen molar-refractivity contribution in [2.45, 2.75) is 18.7 Å². The minimum atomic E-state index is -3.40. The van der Waals surface area contributed by atoms with E-state index in [-0.39, 0.29) is 0 Å². The van der Waals surface area contributed by atoms with Gasteiger partial charge < -0.3 is 14.8 Å². The molecule has 1 amide bonds. The van der Waals surface area contributed by atoms with Gasteiger partial charge in [-0.3, -0.25) is 4.79 Å². The van der Waals surface area contributed by atoms with Crippen molar-refractivity contribution < 1.29 is 13.2 Å². The van der Waals surface area contributed by atoms with Crippen LogP contribution in [0.15, 0.2) is 30.5 Å². The van der Waals surface area contributed by atoms with Crippen molar-refractivity contribution in [1.82, 2.24) is 9.47 Å². The van der Waals surface area contributed by atoms with E-state index in [4.69, 9.17) is 0 Å². The largest absolute Gasteiger partial charge is 0.346 e. The Morgan fingerprint density at radius 2 is 2.00 bits per heavy atom. The Labute approximate surface area is 137 Å². The highest BCUT2D eigenvalue weighted by Crippen LogP contribution is 2.21. The lowest BCUT2D eigenvalue weighted by molar-refractivity contribution is -0.115. The van der Waals surface area contributed by atoms with Crippen LogP contribution in [-0.4, -0.2) is 55.9 Å². The van der Waals surface area contributed by atoms with Crippen LogP contribution in [0, 0.1) is 0 Å². The fraction of sp³-hybridized carbons (Fsp3) is 0.438. The molecule has 0 aliphatic heterocycles. The maximum absolute atomic E-state index is 12.0. The molecule has 0 saturated carbocycles. The predicted molar refractivity (Wildman–Crippen MR) is 93.4 cm³/mol. The quantitative estimate of drug-likeness (QED) is 0.869. The fourth-order valence-electron chi connectivity index (χ4n) is 2.20. The molecule has 0 fully saturated rings. The normalized spacial score (nSPS) is 13.4. The average Bonchev–Trinajstić information content (AvgIpc) is 2.85. The van der Waals surface area contributed by atoms with E-state index in [1.54, 1.807) is 6.07 Å². The molecule has 1 N–H and O–H groups in total. The van der Waals surface area contributed by atoms with Crippen LogP contribution < -0.4 is 5.32 Å². The third-order valence-electron chi connectivity index (χ3n) is 3.84. The van der Waals surface area contributed by atoms with Crippen molar-refractivity contribution in [3.63, 3.8) is 0 Å². The Hall–Kier alpha value is -1.86. The highest BCUT2D eigenvalue weighted by atomic mass is 32.2. The smallest absolute Gasteiger partial charge is 0.242 e. The van der Waals surface area contributed by atoms with Gasteiger partial charge in [-0.1, -0.05) is 6.07 Å². The lowest BCUT2D eigenvalue weighted by Gasteiger charge is -2.13. The number of likely N-dealkylation sites (N-methyl/N-ethyl adjacent to an activating group) is 1. The molecule has 1 heterocycles. The SMILES string of the molecule is CC(C(=O)Nc1ccc2ccn(CCN(C)C)c2c1)S(C)(=O)=O. The van der Waals surface area contributed by atoms with Crippen LogP contribution in [0.25, 0.3) is 10.9 Å². The number of nitrogens with zero attached hydrogens (tertiary/aromatic N) is 2. The second kappa shape index (κ2) is 6.72. The summed E-state index contributed by atoms with van der Waals surface area (Å²) in [5.74, 6) is -0.516. The number of fused-ring (bicyclic) bond motifs is 1. The van der Waals surface area contributed by atoms with E-state index in [1.165, 1.54) is 6.92 Å². The summed E-state index contributed by atoms with van der Waals surface area (Å²) < 4.78 is 25.1. The Morgan fingerprint density at radius 3 is 2.61 bits per heavy atom. The number of rotatable bonds is 6. The zero-order valence-electron chi connectivity index (χ0n) is 13.9. The fourth-order valence-corrected chi connectivity index (χ4v) is 2.65. The van der Waals surface area contributed by atoms with E-state index in [0.29, 0.717) is 5.69 Å². The molecular weight excluding hydrogens is 314 g/mol. The molecule has 2 aromatic rings. The van der Waals surface area contributed by atoms with Gasteiger partial charge in [0.2, 0.25) is 5.91 Å². The van der Waals surface area contributed by atoms with Crippen molar-refractivity contribution >= 4 is 32.3 Å². The lowest BCUT2D eigenvalue weighted by atomic mass is 10.2. The van der Waals surface area contributed by atoms with Gasteiger partial charge in [0.15, 0.2) is 9.84 Å². The van der Waals surface area contributed by atoms with Gasteiger partial charge in [-0.25, -0.2) is 8.42 Å². The Bertz CT molecular complexity index is 809. The van der Waals surface area contributed by atoms with Gasteiger partial charge >= 0.3 is 0 Å². The molecule has 1 unspecified atom stereocenters. The summed E-state index contributed by atoms with van der Waals surface area (Å²) in [6.07, 6.45) is 3.08. The molecule has 0 aliphatic carbocycles. The first-order chi connectivity index (χ1) is 10.7. The number of amides is 1. The van der Waals surface area contributed by atoms with E-state index < -0.39 is 21.0 Å². The van der Waals surface area contributed by atoms with E-state index in [0.717, 1.165) is 30.2 Å². The summed E-state index contributed by atoms with van der Waals surface area (Å²) in [6, 6.07) is 7.60. The maximum Gasteiger partial charge on any atom is 0.242 e. The van der Waals surface area contributed by atoms with Crippen LogP contribution in [0.1, 0.15) is 6.92 Å². The highest BCUT2D eigenvalue weighted by molar-refractivity contribution is 7.92. The first kappa shape index (κ1) is 17.5. The molecule has 6 nitrogen and oxygen atoms in total. The molecular formula is C16H23N3O3S. The molecule has 1 atom stereocenters. The van der Waals surface area contributed by atoms with Gasteiger partial charge in [-0.15, -0.1) is 0 Å². The Kier molecular flexibility index (Phi) is 5.11. The molecule has 126 valence electrons. The summed E-state index contributed by atoms with van der Waals surface area (Å²) in [5, 5.41) is 2.69. The van der Waals surface area contributed by atoms with Gasteiger partial charge in [0, 0.05) is 31.2 Å². The summed E-state index contributed by atoms with van der Waals surface area (Å²) in [7, 11) is 0.633. The van der Waals surface area contributed by atoms with Crippen molar-refractivity contribution in [1.29, 1.82) is 0 Å². The summed E-state index contributed by atoms with van der Waals surface area (Å²) >= 11 is 0. The second-order valence-corrected chi connectivity index (χ2v) is 8.41. The van der Waals surface area contributed by atoms with Crippen LogP contribution in [0.4, 0.5) is 5.69 Å². The van der Waals surface area contributed by atoms with Gasteiger partial charge in [0.05, 0.1) is 5.52 Å². The minimum absolute atomic E-state index is 0.516. The second-order valence-electron chi connectivity index (χ2n) is 6.05. The number of carbonyl (C=O) groups excluding carboxylic acids is 1. The molecule has 0 bridgehead atoms. The molecule has 23 heavy (non-hydrogen) atoms. The van der Waals surface area contributed by atoms with Crippen LogP contribution in [0.2, 0.25) is 0 Å². The number of aromatic nitrogens is 1. The monoisotopic (exact) mass is 337 g/mol. The molecule has 1 aromatic heterocycles. The molecule has 0 spiro atoms. The standard InChI is InChI=1S/C16H23N3O3S/c1-12(23(4,21)22)16(20)17-14-6-5-13-7-8-19(15(13)11-14)10-9-18(2)3/h5-8,11-12H,9-10H2,1-4H3,(H,17,20). The highest BCUT2D eigenvalue weighted by Gasteiger charge is 2.23. The summed E-state index contributed by atoms with van der Waals surface area (Å²) in [4.78, 5) is 14.1. The third kappa shape index (κ3) is 4.33. The number of carbonyl (C=O) groups is 1. The predicted octanol–water partition coefficient (Wildman–Crippen LogP) is 1.57. The van der Waals surface area contributed by atoms with Gasteiger partial charge in [-0.05, 0) is 44.6 Å². The van der Waals surface area contributed by atoms with Crippen LogP contribution in [0.3, 0.4) is 0 Å². The van der Waals surface area contributed by atoms with E-state index in [9.17, 15) is 13.2 Å². The van der Waals surface area contributed by atoms with E-state index >= 15 is 0 Å². The van der Waals surface area contributed by atoms with Gasteiger partial charge in [0.1, 0.15) is 5.25 Å². The molecule has 0 radical (unpaired) electrons. The number of hydrogen-bond donors (Lipinski definition) is 1. The third-order valence-corrected chi connectivity index (χ3v) is 5.34.